The maximum absolute atomic E-state index is 6.56. The van der Waals surface area contributed by atoms with E-state index in [-0.39, 0.29) is 12.1 Å². The number of halogens is 1. The van der Waals surface area contributed by atoms with Gasteiger partial charge in [-0.3, -0.25) is 4.98 Å². The zero-order chi connectivity index (χ0) is 26.4. The summed E-state index contributed by atoms with van der Waals surface area (Å²) in [6.45, 7) is 10.9. The summed E-state index contributed by atoms with van der Waals surface area (Å²) in [5.74, 6) is 0.629. The molecule has 0 bridgehead atoms. The van der Waals surface area contributed by atoms with Gasteiger partial charge in [0, 0.05) is 23.3 Å². The van der Waals surface area contributed by atoms with Crippen LogP contribution in [0.25, 0.3) is 5.69 Å². The molecule has 0 unspecified atom stereocenters. The quantitative estimate of drug-likeness (QED) is 0.275. The summed E-state index contributed by atoms with van der Waals surface area (Å²) >= 11 is 12.5. The van der Waals surface area contributed by atoms with E-state index in [0.717, 1.165) is 11.4 Å². The molecule has 1 aliphatic heterocycles. The lowest BCUT2D eigenvalue weighted by Crippen LogP contribution is -2.29. The number of anilines is 1. The molecule has 7 heteroatoms. The summed E-state index contributed by atoms with van der Waals surface area (Å²) < 4.78 is 7.77. The van der Waals surface area contributed by atoms with Crippen molar-refractivity contribution in [1.29, 1.82) is 0 Å². The molecule has 1 aliphatic rings. The lowest BCUT2D eigenvalue weighted by atomic mass is 9.96. The van der Waals surface area contributed by atoms with E-state index < -0.39 is 0 Å². The standard InChI is InChI=1S/C30H31ClN4OS/c1-17-13-18(2)28(19(3)14-17)34-20(4)15-23(21(34)5)29-27(25-9-7-8-12-32-25)33-30(37)35(29)22-10-11-26(36-6)24(31)16-22/h7-16,27,29H,1-6H3,(H,33,37)/t27-,29-/m0/s1. The van der Waals surface area contributed by atoms with Gasteiger partial charge in [-0.1, -0.05) is 35.4 Å². The molecule has 5 nitrogen and oxygen atoms in total. The van der Waals surface area contributed by atoms with Crippen molar-refractivity contribution >= 4 is 34.6 Å². The van der Waals surface area contributed by atoms with Crippen LogP contribution < -0.4 is 15.0 Å². The van der Waals surface area contributed by atoms with Gasteiger partial charge in [-0.2, -0.15) is 0 Å². The van der Waals surface area contributed by atoms with Crippen molar-refractivity contribution < 1.29 is 4.74 Å². The van der Waals surface area contributed by atoms with Crippen LogP contribution in [0.5, 0.6) is 5.75 Å². The van der Waals surface area contributed by atoms with Crippen molar-refractivity contribution in [2.45, 2.75) is 46.7 Å². The molecule has 3 heterocycles. The third-order valence-corrected chi connectivity index (χ3v) is 7.77. The second kappa shape index (κ2) is 9.84. The highest BCUT2D eigenvalue weighted by Crippen LogP contribution is 2.45. The Labute approximate surface area is 229 Å². The van der Waals surface area contributed by atoms with E-state index in [0.29, 0.717) is 15.9 Å². The van der Waals surface area contributed by atoms with Gasteiger partial charge in [-0.15, -0.1) is 0 Å². The van der Waals surface area contributed by atoms with Gasteiger partial charge in [0.1, 0.15) is 5.75 Å². The van der Waals surface area contributed by atoms with Crippen molar-refractivity contribution in [2.75, 3.05) is 12.0 Å². The first-order valence-corrected chi connectivity index (χ1v) is 13.1. The van der Waals surface area contributed by atoms with E-state index in [4.69, 9.17) is 33.5 Å². The van der Waals surface area contributed by atoms with Crippen LogP contribution in [0, 0.1) is 34.6 Å². The summed E-state index contributed by atoms with van der Waals surface area (Å²) in [5, 5.41) is 4.73. The molecule has 2 aromatic heterocycles. The van der Waals surface area contributed by atoms with Gasteiger partial charge >= 0.3 is 0 Å². The normalized spacial score (nSPS) is 17.3. The first kappa shape index (κ1) is 25.3. The van der Waals surface area contributed by atoms with Crippen LogP contribution in [-0.2, 0) is 0 Å². The molecule has 0 spiro atoms. The fraction of sp³-hybridized carbons (Fsp3) is 0.267. The van der Waals surface area contributed by atoms with Crippen LogP contribution in [0.15, 0.2) is 60.8 Å². The Morgan fingerprint density at radius 1 is 0.973 bits per heavy atom. The summed E-state index contributed by atoms with van der Waals surface area (Å²) in [7, 11) is 1.62. The number of ether oxygens (including phenoxy) is 1. The highest BCUT2D eigenvalue weighted by Gasteiger charge is 2.42. The van der Waals surface area contributed by atoms with E-state index in [1.165, 1.54) is 39.3 Å². The highest BCUT2D eigenvalue weighted by molar-refractivity contribution is 7.80. The Bertz CT molecular complexity index is 1470. The Morgan fingerprint density at radius 3 is 2.32 bits per heavy atom. The number of nitrogens with one attached hydrogen (secondary N) is 1. The zero-order valence-electron chi connectivity index (χ0n) is 22.0. The van der Waals surface area contributed by atoms with Crippen LogP contribution in [0.4, 0.5) is 5.69 Å². The van der Waals surface area contributed by atoms with Crippen molar-refractivity contribution in [3.63, 3.8) is 0 Å². The van der Waals surface area contributed by atoms with Gasteiger partial charge < -0.3 is 19.5 Å². The average molecular weight is 531 g/mol. The monoisotopic (exact) mass is 530 g/mol. The lowest BCUT2D eigenvalue weighted by molar-refractivity contribution is 0.415. The number of aryl methyl sites for hydroxylation is 4. The molecule has 37 heavy (non-hydrogen) atoms. The molecular weight excluding hydrogens is 500 g/mol. The third-order valence-electron chi connectivity index (χ3n) is 7.16. The van der Waals surface area contributed by atoms with Crippen molar-refractivity contribution in [1.82, 2.24) is 14.9 Å². The molecule has 0 aliphatic carbocycles. The van der Waals surface area contributed by atoms with E-state index in [9.17, 15) is 0 Å². The van der Waals surface area contributed by atoms with Gasteiger partial charge in [0.05, 0.1) is 35.6 Å². The van der Waals surface area contributed by atoms with Gasteiger partial charge in [0.2, 0.25) is 0 Å². The average Bonchev–Trinajstić information content (AvgIpc) is 3.35. The minimum Gasteiger partial charge on any atom is -0.495 e. The third kappa shape index (κ3) is 4.38. The molecule has 2 aromatic carbocycles. The van der Waals surface area contributed by atoms with Crippen LogP contribution in [-0.4, -0.2) is 21.8 Å². The smallest absolute Gasteiger partial charge is 0.174 e. The molecule has 0 radical (unpaired) electrons. The number of pyridine rings is 1. The minimum atomic E-state index is -0.135. The predicted octanol–water partition coefficient (Wildman–Crippen LogP) is 7.25. The van der Waals surface area contributed by atoms with Crippen LogP contribution in [0.1, 0.15) is 51.4 Å². The van der Waals surface area contributed by atoms with Gasteiger partial charge in [0.15, 0.2) is 5.11 Å². The molecular formula is C30H31ClN4OS. The molecule has 1 fully saturated rings. The Morgan fingerprint density at radius 2 is 1.70 bits per heavy atom. The summed E-state index contributed by atoms with van der Waals surface area (Å²) in [6.07, 6.45) is 1.83. The zero-order valence-corrected chi connectivity index (χ0v) is 23.5. The maximum atomic E-state index is 6.56. The number of aromatic nitrogens is 2. The van der Waals surface area contributed by atoms with E-state index in [1.54, 1.807) is 7.11 Å². The van der Waals surface area contributed by atoms with Gasteiger partial charge in [-0.25, -0.2) is 0 Å². The van der Waals surface area contributed by atoms with Crippen LogP contribution >= 0.6 is 23.8 Å². The fourth-order valence-corrected chi connectivity index (χ4v) is 6.31. The Kier molecular flexibility index (Phi) is 6.73. The SMILES string of the molecule is COc1ccc(N2C(=S)N[C@@H](c3ccccn3)[C@@H]2c2cc(C)n(-c3c(C)cc(C)cc3C)c2C)cc1Cl. The highest BCUT2D eigenvalue weighted by atomic mass is 35.5. The fourth-order valence-electron chi connectivity index (χ4n) is 5.71. The minimum absolute atomic E-state index is 0.127. The molecule has 1 saturated heterocycles. The Balaban J connectivity index is 1.71. The largest absolute Gasteiger partial charge is 0.495 e. The molecule has 0 amide bonds. The van der Waals surface area contributed by atoms with Crippen molar-refractivity contribution in [2.24, 2.45) is 0 Å². The van der Waals surface area contributed by atoms with Crippen LogP contribution in [0.2, 0.25) is 5.02 Å². The molecule has 1 N–H and O–H groups in total. The summed E-state index contributed by atoms with van der Waals surface area (Å²) in [4.78, 5) is 6.85. The maximum Gasteiger partial charge on any atom is 0.174 e. The van der Waals surface area contributed by atoms with E-state index >= 15 is 0 Å². The van der Waals surface area contributed by atoms with Gasteiger partial charge in [0.25, 0.3) is 0 Å². The molecule has 4 aromatic rings. The van der Waals surface area contributed by atoms with Gasteiger partial charge in [-0.05, 0) is 99.9 Å². The summed E-state index contributed by atoms with van der Waals surface area (Å²) in [6, 6.07) is 18.3. The number of nitrogens with zero attached hydrogens (tertiary/aromatic N) is 3. The topological polar surface area (TPSA) is 42.3 Å². The lowest BCUT2D eigenvalue weighted by Gasteiger charge is -2.28. The second-order valence-corrected chi connectivity index (χ2v) is 10.5. The molecule has 5 rings (SSSR count). The van der Waals surface area contributed by atoms with E-state index in [1.807, 2.05) is 42.6 Å². The number of rotatable bonds is 5. The molecule has 2 atom stereocenters. The number of thiocarbonyl (C=S) groups is 1. The Hall–Kier alpha value is -3.35. The molecule has 0 saturated carbocycles. The van der Waals surface area contributed by atoms with E-state index in [2.05, 4.69) is 67.6 Å². The second-order valence-electron chi connectivity index (χ2n) is 9.72. The van der Waals surface area contributed by atoms with Crippen molar-refractivity contribution in [3.8, 4) is 11.4 Å². The number of hydrogen-bond acceptors (Lipinski definition) is 3. The number of hydrogen-bond donors (Lipinski definition) is 1. The molecule has 190 valence electrons. The predicted molar refractivity (Wildman–Crippen MR) is 155 cm³/mol. The van der Waals surface area contributed by atoms with Crippen LogP contribution in [0.3, 0.4) is 0 Å². The summed E-state index contributed by atoms with van der Waals surface area (Å²) in [5.41, 5.74) is 10.4. The number of benzene rings is 2. The first-order chi connectivity index (χ1) is 17.7. The van der Waals surface area contributed by atoms with Crippen molar-refractivity contribution in [3.05, 3.63) is 105 Å². The number of methoxy groups -OCH3 is 1. The first-order valence-electron chi connectivity index (χ1n) is 12.3.